The minimum absolute atomic E-state index is 0.00982. The maximum Gasteiger partial charge on any atom is 0.263 e. The van der Waals surface area contributed by atoms with Crippen LogP contribution in [0.15, 0.2) is 59.5 Å². The van der Waals surface area contributed by atoms with E-state index in [-0.39, 0.29) is 22.9 Å². The molecule has 8 heteroatoms. The molecule has 2 heterocycles. The van der Waals surface area contributed by atoms with Crippen LogP contribution in [0.5, 0.6) is 0 Å². The summed E-state index contributed by atoms with van der Waals surface area (Å²) in [4.78, 5) is 11.5. The van der Waals surface area contributed by atoms with E-state index in [0.717, 1.165) is 0 Å². The van der Waals surface area contributed by atoms with Crippen molar-refractivity contribution in [3.05, 3.63) is 54.6 Å². The summed E-state index contributed by atoms with van der Waals surface area (Å²) in [7, 11) is -3.78. The normalized spacial score (nSPS) is 20.3. The molecule has 0 bridgehead atoms. The number of morpholine rings is 1. The van der Waals surface area contributed by atoms with Crippen LogP contribution in [0.1, 0.15) is 13.8 Å². The molecule has 0 unspecified atom stereocenters. The van der Waals surface area contributed by atoms with Gasteiger partial charge < -0.3 is 9.64 Å². The fourth-order valence-electron chi connectivity index (χ4n) is 3.42. The van der Waals surface area contributed by atoms with Crippen molar-refractivity contribution in [3.8, 4) is 0 Å². The van der Waals surface area contributed by atoms with Gasteiger partial charge in [-0.1, -0.05) is 30.3 Å². The van der Waals surface area contributed by atoms with Crippen molar-refractivity contribution in [1.29, 1.82) is 0 Å². The molecule has 1 saturated heterocycles. The van der Waals surface area contributed by atoms with Gasteiger partial charge in [-0.05, 0) is 38.1 Å². The minimum Gasteiger partial charge on any atom is -0.372 e. The number of rotatable bonds is 4. The van der Waals surface area contributed by atoms with Crippen molar-refractivity contribution in [2.45, 2.75) is 31.0 Å². The van der Waals surface area contributed by atoms with Crippen molar-refractivity contribution in [1.82, 2.24) is 9.97 Å². The number of fused-ring (bicyclic) bond motifs is 1. The Hall–Kier alpha value is -2.71. The number of benzene rings is 2. The molecule has 2 aromatic carbocycles. The van der Waals surface area contributed by atoms with E-state index in [2.05, 4.69) is 9.71 Å². The summed E-state index contributed by atoms with van der Waals surface area (Å²) in [6.45, 7) is 5.20. The Bertz CT molecular complexity index is 1080. The number of nitrogens with zero attached hydrogens (tertiary/aromatic N) is 3. The molecule has 28 heavy (non-hydrogen) atoms. The van der Waals surface area contributed by atoms with Crippen LogP contribution < -0.4 is 9.62 Å². The number of para-hydroxylation sites is 2. The summed E-state index contributed by atoms with van der Waals surface area (Å²) in [5.74, 6) is 0.740. The molecule has 1 aromatic heterocycles. The molecule has 1 aliphatic heterocycles. The molecule has 1 N–H and O–H groups in total. The summed E-state index contributed by atoms with van der Waals surface area (Å²) in [6, 6.07) is 15.7. The molecule has 1 fully saturated rings. The third kappa shape index (κ3) is 3.79. The highest BCUT2D eigenvalue weighted by molar-refractivity contribution is 7.92. The Morgan fingerprint density at radius 1 is 0.929 bits per heavy atom. The summed E-state index contributed by atoms with van der Waals surface area (Å²) < 4.78 is 34.2. The highest BCUT2D eigenvalue weighted by atomic mass is 32.2. The number of sulfonamides is 1. The van der Waals surface area contributed by atoms with Crippen LogP contribution in [0.4, 0.5) is 11.6 Å². The summed E-state index contributed by atoms with van der Waals surface area (Å²) >= 11 is 0. The van der Waals surface area contributed by atoms with Crippen LogP contribution in [0.2, 0.25) is 0 Å². The van der Waals surface area contributed by atoms with Gasteiger partial charge in [-0.15, -0.1) is 0 Å². The van der Waals surface area contributed by atoms with Crippen LogP contribution in [0.25, 0.3) is 11.0 Å². The highest BCUT2D eigenvalue weighted by Gasteiger charge is 2.27. The van der Waals surface area contributed by atoms with E-state index >= 15 is 0 Å². The van der Waals surface area contributed by atoms with Crippen LogP contribution in [0, 0.1) is 0 Å². The van der Waals surface area contributed by atoms with Crippen molar-refractivity contribution in [2.75, 3.05) is 22.7 Å². The minimum atomic E-state index is -3.78. The predicted octanol–water partition coefficient (Wildman–Crippen LogP) is 3.04. The molecular formula is C20H22N4O3S. The molecule has 0 amide bonds. The maximum atomic E-state index is 12.9. The third-order valence-electron chi connectivity index (χ3n) is 4.56. The molecule has 7 nitrogen and oxygen atoms in total. The Kier molecular flexibility index (Phi) is 4.91. The van der Waals surface area contributed by atoms with Crippen LogP contribution in [0.3, 0.4) is 0 Å². The van der Waals surface area contributed by atoms with Gasteiger partial charge in [-0.3, -0.25) is 4.72 Å². The van der Waals surface area contributed by atoms with Gasteiger partial charge in [-0.25, -0.2) is 18.4 Å². The SMILES string of the molecule is C[C@@H]1CN(c2nc3ccccc3nc2NS(=O)(=O)c2ccccc2)C[C@@H](C)O1. The first-order valence-corrected chi connectivity index (χ1v) is 10.7. The van der Waals surface area contributed by atoms with E-state index in [1.807, 2.05) is 43.0 Å². The lowest BCUT2D eigenvalue weighted by Gasteiger charge is -2.36. The topological polar surface area (TPSA) is 84.4 Å². The zero-order valence-electron chi connectivity index (χ0n) is 15.7. The second kappa shape index (κ2) is 7.37. The number of ether oxygens (including phenoxy) is 1. The van der Waals surface area contributed by atoms with Gasteiger partial charge >= 0.3 is 0 Å². The van der Waals surface area contributed by atoms with Gasteiger partial charge in [0.25, 0.3) is 10.0 Å². The fourth-order valence-corrected chi connectivity index (χ4v) is 4.44. The van der Waals surface area contributed by atoms with Gasteiger partial charge in [0, 0.05) is 13.1 Å². The molecule has 4 rings (SSSR count). The standard InChI is InChI=1S/C20H22N4O3S/c1-14-12-24(13-15(2)27-14)20-19(21-17-10-6-7-11-18(17)22-20)23-28(25,26)16-8-4-3-5-9-16/h3-11,14-15H,12-13H2,1-2H3,(H,21,23)/t14-,15-/m1/s1. The van der Waals surface area contributed by atoms with Crippen molar-refractivity contribution >= 4 is 32.7 Å². The Labute approximate surface area is 164 Å². The van der Waals surface area contributed by atoms with E-state index in [4.69, 9.17) is 9.72 Å². The smallest absolute Gasteiger partial charge is 0.263 e. The number of hydrogen-bond acceptors (Lipinski definition) is 6. The van der Waals surface area contributed by atoms with Gasteiger partial charge in [0.05, 0.1) is 28.1 Å². The number of hydrogen-bond donors (Lipinski definition) is 1. The molecule has 0 radical (unpaired) electrons. The second-order valence-corrected chi connectivity index (χ2v) is 8.65. The highest BCUT2D eigenvalue weighted by Crippen LogP contribution is 2.29. The van der Waals surface area contributed by atoms with Gasteiger partial charge in [0.1, 0.15) is 0 Å². The third-order valence-corrected chi connectivity index (χ3v) is 5.91. The van der Waals surface area contributed by atoms with Crippen molar-refractivity contribution < 1.29 is 13.2 Å². The molecule has 0 saturated carbocycles. The Balaban J connectivity index is 1.80. The quantitative estimate of drug-likeness (QED) is 0.727. The maximum absolute atomic E-state index is 12.9. The lowest BCUT2D eigenvalue weighted by atomic mass is 10.2. The molecule has 1 aliphatic rings. The van der Waals surface area contributed by atoms with E-state index in [1.54, 1.807) is 30.3 Å². The monoisotopic (exact) mass is 398 g/mol. The fraction of sp³-hybridized carbons (Fsp3) is 0.300. The average Bonchev–Trinajstić information content (AvgIpc) is 2.67. The average molecular weight is 398 g/mol. The van der Waals surface area contributed by atoms with Crippen LogP contribution in [-0.4, -0.2) is 43.7 Å². The molecule has 146 valence electrons. The number of anilines is 2. The zero-order valence-corrected chi connectivity index (χ0v) is 16.6. The summed E-state index contributed by atoms with van der Waals surface area (Å²) in [6.07, 6.45) is 0.0196. The first-order valence-electron chi connectivity index (χ1n) is 9.17. The Morgan fingerprint density at radius 3 is 2.14 bits per heavy atom. The Morgan fingerprint density at radius 2 is 1.50 bits per heavy atom. The number of aromatic nitrogens is 2. The molecule has 3 aromatic rings. The van der Waals surface area contributed by atoms with E-state index in [0.29, 0.717) is 29.9 Å². The van der Waals surface area contributed by atoms with Gasteiger partial charge in [0.15, 0.2) is 11.6 Å². The predicted molar refractivity (Wildman–Crippen MR) is 109 cm³/mol. The molecule has 0 spiro atoms. The zero-order chi connectivity index (χ0) is 19.7. The van der Waals surface area contributed by atoms with E-state index in [1.165, 1.54) is 0 Å². The van der Waals surface area contributed by atoms with E-state index in [9.17, 15) is 8.42 Å². The van der Waals surface area contributed by atoms with Crippen molar-refractivity contribution in [2.24, 2.45) is 0 Å². The number of nitrogens with one attached hydrogen (secondary N) is 1. The first kappa shape index (κ1) is 18.6. The lowest BCUT2D eigenvalue weighted by molar-refractivity contribution is -0.00540. The first-order chi connectivity index (χ1) is 13.4. The van der Waals surface area contributed by atoms with Gasteiger partial charge in [-0.2, -0.15) is 0 Å². The van der Waals surface area contributed by atoms with Gasteiger partial charge in [0.2, 0.25) is 0 Å². The summed E-state index contributed by atoms with van der Waals surface area (Å²) in [5.41, 5.74) is 1.35. The van der Waals surface area contributed by atoms with Crippen LogP contribution in [-0.2, 0) is 14.8 Å². The molecular weight excluding hydrogens is 376 g/mol. The van der Waals surface area contributed by atoms with Crippen LogP contribution >= 0.6 is 0 Å². The summed E-state index contributed by atoms with van der Waals surface area (Å²) in [5, 5.41) is 0. The molecule has 2 atom stereocenters. The van der Waals surface area contributed by atoms with Crippen molar-refractivity contribution in [3.63, 3.8) is 0 Å². The second-order valence-electron chi connectivity index (χ2n) is 6.97. The molecule has 0 aliphatic carbocycles. The lowest BCUT2D eigenvalue weighted by Crippen LogP contribution is -2.46. The van der Waals surface area contributed by atoms with E-state index < -0.39 is 10.0 Å². The largest absolute Gasteiger partial charge is 0.372 e.